The zero-order valence-electron chi connectivity index (χ0n) is 12.3. The Morgan fingerprint density at radius 2 is 2.06 bits per heavy atom. The summed E-state index contributed by atoms with van der Waals surface area (Å²) in [7, 11) is 0. The SMILES string of the molecule is CCCNC1CCOC2(CCOC(C)(CC)C2)C1. The van der Waals surface area contributed by atoms with Crippen molar-refractivity contribution in [3.8, 4) is 0 Å². The molecule has 0 bridgehead atoms. The first kappa shape index (κ1) is 14.3. The fourth-order valence-electron chi connectivity index (χ4n) is 3.38. The molecule has 106 valence electrons. The molecular weight excluding hydrogens is 226 g/mol. The van der Waals surface area contributed by atoms with Gasteiger partial charge in [0.05, 0.1) is 17.8 Å². The Balaban J connectivity index is 1.97. The summed E-state index contributed by atoms with van der Waals surface area (Å²) in [5.41, 5.74) is 0.0948. The molecule has 2 fully saturated rings. The summed E-state index contributed by atoms with van der Waals surface area (Å²) in [5, 5.41) is 3.67. The molecule has 1 N–H and O–H groups in total. The molecule has 0 amide bonds. The summed E-state index contributed by atoms with van der Waals surface area (Å²) in [5.74, 6) is 0. The van der Waals surface area contributed by atoms with Crippen LogP contribution < -0.4 is 5.32 Å². The fourth-order valence-corrected chi connectivity index (χ4v) is 3.38. The summed E-state index contributed by atoms with van der Waals surface area (Å²) < 4.78 is 12.2. The highest BCUT2D eigenvalue weighted by molar-refractivity contribution is 4.98. The minimum Gasteiger partial charge on any atom is -0.375 e. The second-order valence-electron chi connectivity index (χ2n) is 6.25. The number of hydrogen-bond donors (Lipinski definition) is 1. The quantitative estimate of drug-likeness (QED) is 0.838. The fraction of sp³-hybridized carbons (Fsp3) is 1.00. The molecule has 0 radical (unpaired) electrons. The van der Waals surface area contributed by atoms with Gasteiger partial charge in [0.25, 0.3) is 0 Å². The van der Waals surface area contributed by atoms with E-state index in [0.29, 0.717) is 6.04 Å². The molecule has 0 saturated carbocycles. The molecule has 0 aromatic heterocycles. The van der Waals surface area contributed by atoms with E-state index in [1.165, 1.54) is 6.42 Å². The van der Waals surface area contributed by atoms with E-state index in [1.807, 2.05) is 0 Å². The van der Waals surface area contributed by atoms with E-state index in [9.17, 15) is 0 Å². The van der Waals surface area contributed by atoms with Crippen molar-refractivity contribution >= 4 is 0 Å². The van der Waals surface area contributed by atoms with Crippen LogP contribution in [0, 0.1) is 0 Å². The predicted molar refractivity (Wildman–Crippen MR) is 73.9 cm³/mol. The molecule has 3 nitrogen and oxygen atoms in total. The molecule has 2 rings (SSSR count). The normalized spacial score (nSPS) is 41.2. The third-order valence-corrected chi connectivity index (χ3v) is 4.63. The van der Waals surface area contributed by atoms with Crippen LogP contribution in [0.25, 0.3) is 0 Å². The lowest BCUT2D eigenvalue weighted by Gasteiger charge is -2.49. The summed E-state index contributed by atoms with van der Waals surface area (Å²) in [6.45, 7) is 9.56. The maximum Gasteiger partial charge on any atom is 0.0746 e. The van der Waals surface area contributed by atoms with E-state index in [-0.39, 0.29) is 11.2 Å². The Bertz CT molecular complexity index is 267. The van der Waals surface area contributed by atoms with Crippen molar-refractivity contribution in [3.05, 3.63) is 0 Å². The molecule has 0 aromatic rings. The lowest BCUT2D eigenvalue weighted by Crippen LogP contribution is -2.54. The second kappa shape index (κ2) is 5.89. The first-order valence-electron chi connectivity index (χ1n) is 7.63. The van der Waals surface area contributed by atoms with Crippen LogP contribution in [0.5, 0.6) is 0 Å². The van der Waals surface area contributed by atoms with Gasteiger partial charge in [-0.15, -0.1) is 0 Å². The van der Waals surface area contributed by atoms with Crippen LogP contribution in [0.2, 0.25) is 0 Å². The largest absolute Gasteiger partial charge is 0.375 e. The van der Waals surface area contributed by atoms with Gasteiger partial charge in [0, 0.05) is 19.1 Å². The van der Waals surface area contributed by atoms with Crippen LogP contribution in [0.1, 0.15) is 59.3 Å². The van der Waals surface area contributed by atoms with Gasteiger partial charge >= 0.3 is 0 Å². The Morgan fingerprint density at radius 3 is 2.78 bits per heavy atom. The Kier molecular flexibility index (Phi) is 4.68. The molecule has 2 aliphatic rings. The van der Waals surface area contributed by atoms with Crippen LogP contribution >= 0.6 is 0 Å². The van der Waals surface area contributed by atoms with Crippen molar-refractivity contribution in [3.63, 3.8) is 0 Å². The van der Waals surface area contributed by atoms with Crippen molar-refractivity contribution in [2.75, 3.05) is 19.8 Å². The maximum absolute atomic E-state index is 6.19. The molecule has 3 unspecified atom stereocenters. The summed E-state index contributed by atoms with van der Waals surface area (Å²) >= 11 is 0. The molecule has 2 heterocycles. The zero-order chi connectivity index (χ0) is 13.1. The van der Waals surface area contributed by atoms with Gasteiger partial charge in [-0.1, -0.05) is 13.8 Å². The van der Waals surface area contributed by atoms with Gasteiger partial charge in [-0.25, -0.2) is 0 Å². The molecule has 3 atom stereocenters. The molecule has 0 aliphatic carbocycles. The maximum atomic E-state index is 6.19. The number of hydrogen-bond acceptors (Lipinski definition) is 3. The first-order valence-corrected chi connectivity index (χ1v) is 7.63. The van der Waals surface area contributed by atoms with Crippen molar-refractivity contribution in [2.24, 2.45) is 0 Å². The predicted octanol–water partition coefficient (Wildman–Crippen LogP) is 2.88. The Morgan fingerprint density at radius 1 is 1.22 bits per heavy atom. The third kappa shape index (κ3) is 3.25. The van der Waals surface area contributed by atoms with Crippen LogP contribution in [-0.2, 0) is 9.47 Å². The average Bonchev–Trinajstić information content (AvgIpc) is 2.36. The molecule has 0 aromatic carbocycles. The first-order chi connectivity index (χ1) is 8.61. The van der Waals surface area contributed by atoms with Gasteiger partial charge in [-0.2, -0.15) is 0 Å². The van der Waals surface area contributed by atoms with Crippen molar-refractivity contribution < 1.29 is 9.47 Å². The number of rotatable bonds is 4. The molecular formula is C15H29NO2. The molecule has 3 heteroatoms. The Labute approximate surface area is 112 Å². The summed E-state index contributed by atoms with van der Waals surface area (Å²) in [6, 6.07) is 0.637. The van der Waals surface area contributed by atoms with Crippen LogP contribution in [0.15, 0.2) is 0 Å². The standard InChI is InChI=1S/C15H29NO2/c1-4-8-16-13-6-9-18-15(11-13)7-10-17-14(3,5-2)12-15/h13,16H,4-12H2,1-3H3. The van der Waals surface area contributed by atoms with Crippen molar-refractivity contribution in [1.82, 2.24) is 5.32 Å². The van der Waals surface area contributed by atoms with Crippen LogP contribution in [0.4, 0.5) is 0 Å². The van der Waals surface area contributed by atoms with Crippen LogP contribution in [-0.4, -0.2) is 37.0 Å². The monoisotopic (exact) mass is 255 g/mol. The van der Waals surface area contributed by atoms with Crippen molar-refractivity contribution in [2.45, 2.75) is 76.5 Å². The molecule has 2 aliphatic heterocycles. The van der Waals surface area contributed by atoms with Gasteiger partial charge in [0.15, 0.2) is 0 Å². The highest BCUT2D eigenvalue weighted by atomic mass is 16.5. The van der Waals surface area contributed by atoms with Gasteiger partial charge in [0.1, 0.15) is 0 Å². The molecule has 2 saturated heterocycles. The van der Waals surface area contributed by atoms with E-state index in [4.69, 9.17) is 9.47 Å². The lowest BCUT2D eigenvalue weighted by molar-refractivity contribution is -0.194. The number of ether oxygens (including phenoxy) is 2. The van der Waals surface area contributed by atoms with Gasteiger partial charge < -0.3 is 14.8 Å². The number of nitrogens with one attached hydrogen (secondary N) is 1. The van der Waals surface area contributed by atoms with E-state index in [1.54, 1.807) is 0 Å². The van der Waals surface area contributed by atoms with Gasteiger partial charge in [-0.3, -0.25) is 0 Å². The highest BCUT2D eigenvalue weighted by Gasteiger charge is 2.46. The second-order valence-corrected chi connectivity index (χ2v) is 6.25. The van der Waals surface area contributed by atoms with Gasteiger partial charge in [-0.05, 0) is 45.6 Å². The van der Waals surface area contributed by atoms with E-state index in [2.05, 4.69) is 26.1 Å². The zero-order valence-corrected chi connectivity index (χ0v) is 12.3. The van der Waals surface area contributed by atoms with Crippen molar-refractivity contribution in [1.29, 1.82) is 0 Å². The van der Waals surface area contributed by atoms with E-state index >= 15 is 0 Å². The van der Waals surface area contributed by atoms with Gasteiger partial charge in [0.2, 0.25) is 0 Å². The molecule has 1 spiro atoms. The average molecular weight is 255 g/mol. The minimum atomic E-state index is 0.0187. The Hall–Kier alpha value is -0.120. The van der Waals surface area contributed by atoms with E-state index in [0.717, 1.165) is 51.9 Å². The minimum absolute atomic E-state index is 0.0187. The smallest absolute Gasteiger partial charge is 0.0746 e. The summed E-state index contributed by atoms with van der Waals surface area (Å²) in [6.07, 6.45) is 6.72. The third-order valence-electron chi connectivity index (χ3n) is 4.63. The van der Waals surface area contributed by atoms with Crippen LogP contribution in [0.3, 0.4) is 0 Å². The van der Waals surface area contributed by atoms with E-state index < -0.39 is 0 Å². The lowest BCUT2D eigenvalue weighted by atomic mass is 9.76. The summed E-state index contributed by atoms with van der Waals surface area (Å²) in [4.78, 5) is 0. The molecule has 18 heavy (non-hydrogen) atoms. The highest BCUT2D eigenvalue weighted by Crippen LogP contribution is 2.41. The topological polar surface area (TPSA) is 30.5 Å².